The fraction of sp³-hybridized carbons (Fsp3) is 0.765. The van der Waals surface area contributed by atoms with E-state index in [0.29, 0.717) is 6.42 Å². The van der Waals surface area contributed by atoms with E-state index < -0.39 is 26.5 Å². The topological polar surface area (TPSA) is 134 Å². The Hall–Kier alpha value is -3.33. The number of carbonyl (C=O) groups is 2. The number of allylic oxidation sites excluding steroid dienone is 18. The van der Waals surface area contributed by atoms with Gasteiger partial charge in [0.05, 0.1) is 13.2 Å². The van der Waals surface area contributed by atoms with Crippen molar-refractivity contribution in [2.75, 3.05) is 26.4 Å². The molecule has 0 aromatic rings. The molecule has 9 nitrogen and oxygen atoms in total. The lowest BCUT2D eigenvalue weighted by molar-refractivity contribution is -0.161. The Morgan fingerprint density at radius 1 is 0.326 bits per heavy atom. The number of phosphoric acid groups is 1. The number of esters is 2. The highest BCUT2D eigenvalue weighted by atomic mass is 31.2. The number of unbranched alkanes of at least 4 members (excludes halogenated alkanes) is 45. The van der Waals surface area contributed by atoms with Crippen molar-refractivity contribution in [2.45, 2.75) is 392 Å². The summed E-state index contributed by atoms with van der Waals surface area (Å²) in [5.74, 6) is -0.810. The second-order valence-electron chi connectivity index (χ2n) is 26.9. The maximum atomic E-state index is 12.8. The average Bonchev–Trinajstić information content (AvgIpc) is 2.75. The van der Waals surface area contributed by atoms with Crippen LogP contribution in [0.5, 0.6) is 0 Å². The Labute approximate surface area is 588 Å². The molecule has 95 heavy (non-hydrogen) atoms. The van der Waals surface area contributed by atoms with Gasteiger partial charge in [-0.15, -0.1) is 0 Å². The standard InChI is InChI=1S/C85H152NO8P/c1-3-5-7-9-11-13-15-17-19-21-23-25-27-29-31-33-35-37-38-39-40-41-42-43-44-46-48-50-52-54-56-58-60-62-64-66-68-70-72-74-76-78-85(88)94-83(82-93-95(89,90)92-80-79-86)81-91-84(87)77-75-73-71-69-67-65-63-61-59-57-55-53-51-49-47-45-36-34-32-30-28-26-24-22-20-18-16-14-12-10-8-6-4-2/h5,7,11,13,16-19,22-25,29,31,35,37,39-40,83H,3-4,6,8-10,12,14-15,20-21,26-28,30,32-34,36,38,41-82,86H2,1-2H3,(H,89,90)/b7-5-,13-11-,18-16-,19-17-,24-22-,25-23-,31-29-,37-35-,40-39-. The first kappa shape index (κ1) is 91.7. The number of rotatable bonds is 76. The summed E-state index contributed by atoms with van der Waals surface area (Å²) in [7, 11) is -4.40. The summed E-state index contributed by atoms with van der Waals surface area (Å²) >= 11 is 0. The van der Waals surface area contributed by atoms with Gasteiger partial charge in [-0.2, -0.15) is 0 Å². The summed E-state index contributed by atoms with van der Waals surface area (Å²) in [4.78, 5) is 35.5. The molecule has 2 atom stereocenters. The molecule has 0 saturated heterocycles. The van der Waals surface area contributed by atoms with Gasteiger partial charge < -0.3 is 20.1 Å². The zero-order valence-corrected chi connectivity index (χ0v) is 63.0. The minimum atomic E-state index is -4.40. The number of phosphoric ester groups is 1. The third kappa shape index (κ3) is 79.5. The van der Waals surface area contributed by atoms with Crippen molar-refractivity contribution in [1.29, 1.82) is 0 Å². The molecule has 2 unspecified atom stereocenters. The van der Waals surface area contributed by atoms with Crippen molar-refractivity contribution in [3.63, 3.8) is 0 Å². The zero-order chi connectivity index (χ0) is 68.6. The molecular weight excluding hydrogens is 1190 g/mol. The normalized spacial score (nSPS) is 13.4. The third-order valence-corrected chi connectivity index (χ3v) is 18.6. The van der Waals surface area contributed by atoms with Gasteiger partial charge in [-0.1, -0.05) is 380 Å². The van der Waals surface area contributed by atoms with Crippen LogP contribution in [0.3, 0.4) is 0 Å². The molecule has 0 radical (unpaired) electrons. The molecular formula is C85H152NO8P. The van der Waals surface area contributed by atoms with E-state index >= 15 is 0 Å². The molecule has 0 bridgehead atoms. The summed E-state index contributed by atoms with van der Waals surface area (Å²) in [6, 6.07) is 0. The van der Waals surface area contributed by atoms with Crippen molar-refractivity contribution in [3.05, 3.63) is 109 Å². The lowest BCUT2D eigenvalue weighted by atomic mass is 10.0. The summed E-state index contributed by atoms with van der Waals surface area (Å²) in [5, 5.41) is 0. The van der Waals surface area contributed by atoms with E-state index in [1.807, 2.05) is 0 Å². The third-order valence-electron chi connectivity index (χ3n) is 17.6. The van der Waals surface area contributed by atoms with Crippen molar-refractivity contribution in [2.24, 2.45) is 5.73 Å². The van der Waals surface area contributed by atoms with Crippen LogP contribution in [0.2, 0.25) is 0 Å². The van der Waals surface area contributed by atoms with Crippen LogP contribution < -0.4 is 5.73 Å². The minimum absolute atomic E-state index is 0.0529. The number of carbonyl (C=O) groups excluding carboxylic acids is 2. The van der Waals surface area contributed by atoms with Gasteiger partial charge in [-0.05, 0) is 103 Å². The maximum absolute atomic E-state index is 12.8. The van der Waals surface area contributed by atoms with Gasteiger partial charge in [-0.3, -0.25) is 18.6 Å². The average molecular weight is 1350 g/mol. The van der Waals surface area contributed by atoms with E-state index in [2.05, 4.69) is 123 Å². The van der Waals surface area contributed by atoms with Gasteiger partial charge in [0.25, 0.3) is 0 Å². The lowest BCUT2D eigenvalue weighted by Crippen LogP contribution is -2.29. The minimum Gasteiger partial charge on any atom is -0.462 e. The summed E-state index contributed by atoms with van der Waals surface area (Å²) in [6.07, 6.45) is 111. The molecule has 0 aromatic heterocycles. The first-order valence-electron chi connectivity index (χ1n) is 40.4. The van der Waals surface area contributed by atoms with Gasteiger partial charge in [0.15, 0.2) is 6.10 Å². The van der Waals surface area contributed by atoms with Crippen LogP contribution in [0.15, 0.2) is 109 Å². The Bertz CT molecular complexity index is 1930. The highest BCUT2D eigenvalue weighted by Crippen LogP contribution is 2.43. The molecule has 3 N–H and O–H groups in total. The largest absolute Gasteiger partial charge is 0.472 e. The van der Waals surface area contributed by atoms with E-state index in [-0.39, 0.29) is 38.6 Å². The van der Waals surface area contributed by atoms with Crippen LogP contribution >= 0.6 is 7.82 Å². The Morgan fingerprint density at radius 3 is 0.863 bits per heavy atom. The van der Waals surface area contributed by atoms with Crippen LogP contribution in [0.4, 0.5) is 0 Å². The second-order valence-corrected chi connectivity index (χ2v) is 28.4. The van der Waals surface area contributed by atoms with E-state index in [9.17, 15) is 19.0 Å². The number of hydrogen-bond donors (Lipinski definition) is 2. The molecule has 0 saturated carbocycles. The maximum Gasteiger partial charge on any atom is 0.472 e. The summed E-state index contributed by atoms with van der Waals surface area (Å²) in [6.45, 7) is 3.67. The molecule has 0 aliphatic rings. The lowest BCUT2D eigenvalue weighted by Gasteiger charge is -2.19. The predicted octanol–water partition coefficient (Wildman–Crippen LogP) is 27.2. The zero-order valence-electron chi connectivity index (χ0n) is 62.1. The Kier molecular flexibility index (Phi) is 76.9. The highest BCUT2D eigenvalue weighted by molar-refractivity contribution is 7.47. The van der Waals surface area contributed by atoms with E-state index in [1.54, 1.807) is 0 Å². The first-order chi connectivity index (χ1) is 46.8. The Morgan fingerprint density at radius 2 is 0.579 bits per heavy atom. The van der Waals surface area contributed by atoms with E-state index in [1.165, 1.54) is 263 Å². The van der Waals surface area contributed by atoms with Crippen LogP contribution in [0, 0.1) is 0 Å². The van der Waals surface area contributed by atoms with Gasteiger partial charge in [0, 0.05) is 19.4 Å². The Balaban J connectivity index is 3.79. The first-order valence-corrected chi connectivity index (χ1v) is 41.9. The van der Waals surface area contributed by atoms with Crippen molar-refractivity contribution < 1.29 is 37.6 Å². The van der Waals surface area contributed by atoms with E-state index in [4.69, 9.17) is 24.3 Å². The van der Waals surface area contributed by atoms with Crippen molar-refractivity contribution in [1.82, 2.24) is 0 Å². The molecule has 0 heterocycles. The van der Waals surface area contributed by atoms with Crippen LogP contribution in [0.1, 0.15) is 386 Å². The molecule has 0 fully saturated rings. The molecule has 0 rings (SSSR count). The highest BCUT2D eigenvalue weighted by Gasteiger charge is 2.26. The quantitative estimate of drug-likeness (QED) is 0.0264. The monoisotopic (exact) mass is 1350 g/mol. The van der Waals surface area contributed by atoms with E-state index in [0.717, 1.165) is 89.9 Å². The van der Waals surface area contributed by atoms with Gasteiger partial charge in [0.2, 0.25) is 0 Å². The predicted molar refractivity (Wildman–Crippen MR) is 413 cm³/mol. The molecule has 550 valence electrons. The summed E-state index contributed by atoms with van der Waals surface area (Å²) < 4.78 is 33.3. The molecule has 0 aromatic carbocycles. The van der Waals surface area contributed by atoms with Crippen molar-refractivity contribution >= 4 is 19.8 Å². The molecule has 0 aliphatic heterocycles. The van der Waals surface area contributed by atoms with Gasteiger partial charge in [-0.25, -0.2) is 4.57 Å². The SMILES string of the molecule is CC/C=C\C/C=C\C/C=C\C/C=C\C/C=C\C/C=C\C/C=C\CCCCCCCCCCCCCCCCCCCCCC(=O)OC(COC(=O)CCCCCCCCCCCCCCCCCCCCCCC/C=C\C/C=C\CCCCCCC)COP(=O)(O)OCCN. The fourth-order valence-corrected chi connectivity index (χ4v) is 12.5. The molecule has 0 spiro atoms. The fourth-order valence-electron chi connectivity index (χ4n) is 11.7. The van der Waals surface area contributed by atoms with Gasteiger partial charge in [0.1, 0.15) is 6.61 Å². The van der Waals surface area contributed by atoms with Crippen molar-refractivity contribution in [3.8, 4) is 0 Å². The smallest absolute Gasteiger partial charge is 0.462 e. The van der Waals surface area contributed by atoms with Crippen LogP contribution in [-0.2, 0) is 32.7 Å². The van der Waals surface area contributed by atoms with Crippen LogP contribution in [-0.4, -0.2) is 49.3 Å². The number of nitrogens with two attached hydrogens (primary N) is 1. The number of ether oxygens (including phenoxy) is 2. The molecule has 10 heteroatoms. The van der Waals surface area contributed by atoms with Gasteiger partial charge >= 0.3 is 19.8 Å². The number of hydrogen-bond acceptors (Lipinski definition) is 8. The molecule has 0 amide bonds. The van der Waals surface area contributed by atoms with Crippen LogP contribution in [0.25, 0.3) is 0 Å². The molecule has 0 aliphatic carbocycles. The second kappa shape index (κ2) is 79.7. The summed E-state index contributed by atoms with van der Waals surface area (Å²) in [5.41, 5.74) is 5.42.